The van der Waals surface area contributed by atoms with E-state index >= 15 is 0 Å². The van der Waals surface area contributed by atoms with Gasteiger partial charge in [-0.05, 0) is 12.8 Å². The monoisotopic (exact) mass is 276 g/mol. The van der Waals surface area contributed by atoms with Gasteiger partial charge in [-0.2, -0.15) is 5.26 Å². The topological polar surface area (TPSA) is 53.8 Å². The first-order valence-corrected chi connectivity index (χ1v) is 7.65. The number of aromatic nitrogens is 1. The molecule has 3 nitrogen and oxygen atoms in total. The Morgan fingerprint density at radius 2 is 2.21 bits per heavy atom. The maximum Gasteiger partial charge on any atom is 0.153 e. The molecule has 4 heteroatoms. The minimum Gasteiger partial charge on any atom is -0.298 e. The predicted octanol–water partition coefficient (Wildman–Crippen LogP) is 3.64. The molecule has 1 aliphatic rings. The van der Waals surface area contributed by atoms with Crippen LogP contribution in [0.3, 0.4) is 0 Å². The summed E-state index contributed by atoms with van der Waals surface area (Å²) >= 11 is 1.57. The van der Waals surface area contributed by atoms with E-state index in [0.29, 0.717) is 19.3 Å². The van der Waals surface area contributed by atoms with Crippen LogP contribution in [0.4, 0.5) is 0 Å². The minimum atomic E-state index is -0.814. The van der Waals surface area contributed by atoms with Gasteiger partial charge in [0, 0.05) is 23.6 Å². The molecule has 1 heterocycles. The van der Waals surface area contributed by atoms with Crippen molar-refractivity contribution in [3.05, 3.63) is 16.1 Å². The summed E-state index contributed by atoms with van der Waals surface area (Å²) < 4.78 is 0. The lowest BCUT2D eigenvalue weighted by Gasteiger charge is -2.28. The highest BCUT2D eigenvalue weighted by Crippen LogP contribution is 2.37. The quantitative estimate of drug-likeness (QED) is 0.828. The highest BCUT2D eigenvalue weighted by Gasteiger charge is 2.41. The number of thiazole rings is 1. The molecule has 2 rings (SSSR count). The van der Waals surface area contributed by atoms with Crippen LogP contribution in [-0.4, -0.2) is 10.8 Å². The van der Waals surface area contributed by atoms with Gasteiger partial charge in [0.05, 0.1) is 16.8 Å². The standard InChI is InChI=1S/C15H20N2OS/c1-14(2,3)11-9-19-13(17-11)8-15(10-16)7-5-4-6-12(15)18/h9H,4-8H2,1-3H3. The Bertz CT molecular complexity index is 521. The summed E-state index contributed by atoms with van der Waals surface area (Å²) in [6.07, 6.45) is 3.62. The first kappa shape index (κ1) is 14.2. The second-order valence-electron chi connectivity index (χ2n) is 6.38. The van der Waals surface area contributed by atoms with E-state index in [9.17, 15) is 10.1 Å². The SMILES string of the molecule is CC(C)(C)c1csc(CC2(C#N)CCCCC2=O)n1. The molecule has 0 aromatic carbocycles. The Balaban J connectivity index is 2.22. The molecule has 102 valence electrons. The maximum absolute atomic E-state index is 12.1. The fraction of sp³-hybridized carbons (Fsp3) is 0.667. The molecule has 0 aliphatic heterocycles. The van der Waals surface area contributed by atoms with E-state index < -0.39 is 5.41 Å². The molecular weight excluding hydrogens is 256 g/mol. The van der Waals surface area contributed by atoms with Crippen LogP contribution in [-0.2, 0) is 16.6 Å². The Morgan fingerprint density at radius 3 is 2.74 bits per heavy atom. The Morgan fingerprint density at radius 1 is 1.47 bits per heavy atom. The van der Waals surface area contributed by atoms with Crippen molar-refractivity contribution in [2.75, 3.05) is 0 Å². The number of carbonyl (C=O) groups excluding carboxylic acids is 1. The van der Waals surface area contributed by atoms with Gasteiger partial charge in [0.15, 0.2) is 5.78 Å². The Hall–Kier alpha value is -1.21. The number of nitriles is 1. The lowest BCUT2D eigenvalue weighted by atomic mass is 9.72. The Labute approximate surface area is 118 Å². The number of rotatable bonds is 2. The van der Waals surface area contributed by atoms with Crippen molar-refractivity contribution >= 4 is 17.1 Å². The van der Waals surface area contributed by atoms with E-state index in [-0.39, 0.29) is 11.2 Å². The molecule has 0 amide bonds. The fourth-order valence-electron chi connectivity index (χ4n) is 2.43. The molecule has 1 aromatic heterocycles. The summed E-state index contributed by atoms with van der Waals surface area (Å²) in [4.78, 5) is 16.7. The molecule has 1 aliphatic carbocycles. The second-order valence-corrected chi connectivity index (χ2v) is 7.32. The summed E-state index contributed by atoms with van der Waals surface area (Å²) in [7, 11) is 0. The van der Waals surface area contributed by atoms with Gasteiger partial charge in [-0.15, -0.1) is 11.3 Å². The molecule has 0 N–H and O–H groups in total. The molecule has 1 atom stereocenters. The molecule has 0 bridgehead atoms. The summed E-state index contributed by atoms with van der Waals surface area (Å²) in [5.74, 6) is 0.105. The number of carbonyl (C=O) groups is 1. The van der Waals surface area contributed by atoms with Gasteiger partial charge in [0.25, 0.3) is 0 Å². The summed E-state index contributed by atoms with van der Waals surface area (Å²) in [6, 6.07) is 2.28. The first-order chi connectivity index (χ1) is 8.87. The number of hydrogen-bond acceptors (Lipinski definition) is 4. The summed E-state index contributed by atoms with van der Waals surface area (Å²) in [6.45, 7) is 6.37. The van der Waals surface area contributed by atoms with E-state index in [2.05, 4.69) is 31.8 Å². The van der Waals surface area contributed by atoms with Crippen LogP contribution in [0.15, 0.2) is 5.38 Å². The van der Waals surface area contributed by atoms with E-state index in [1.165, 1.54) is 0 Å². The molecule has 1 fully saturated rings. The molecule has 0 radical (unpaired) electrons. The van der Waals surface area contributed by atoms with Gasteiger partial charge in [-0.3, -0.25) is 4.79 Å². The van der Waals surface area contributed by atoms with Gasteiger partial charge in [0.1, 0.15) is 5.41 Å². The van der Waals surface area contributed by atoms with E-state index in [4.69, 9.17) is 0 Å². The van der Waals surface area contributed by atoms with Crippen molar-refractivity contribution in [2.45, 2.75) is 58.3 Å². The van der Waals surface area contributed by atoms with Crippen molar-refractivity contribution in [1.82, 2.24) is 4.98 Å². The molecular formula is C15H20N2OS. The summed E-state index contributed by atoms with van der Waals surface area (Å²) in [5.41, 5.74) is 0.250. The summed E-state index contributed by atoms with van der Waals surface area (Å²) in [5, 5.41) is 12.4. The second kappa shape index (κ2) is 5.05. The molecule has 19 heavy (non-hydrogen) atoms. The zero-order chi connectivity index (χ0) is 14.1. The smallest absolute Gasteiger partial charge is 0.153 e. The van der Waals surface area contributed by atoms with Crippen molar-refractivity contribution in [3.8, 4) is 6.07 Å². The highest BCUT2D eigenvalue weighted by molar-refractivity contribution is 7.09. The van der Waals surface area contributed by atoms with Crippen molar-refractivity contribution in [2.24, 2.45) is 5.41 Å². The zero-order valence-electron chi connectivity index (χ0n) is 11.8. The normalized spacial score (nSPS) is 24.2. The molecule has 1 aromatic rings. The zero-order valence-corrected chi connectivity index (χ0v) is 12.6. The van der Waals surface area contributed by atoms with Crippen molar-refractivity contribution in [3.63, 3.8) is 0 Å². The average Bonchev–Trinajstić information content (AvgIpc) is 2.80. The number of nitrogens with zero attached hydrogens (tertiary/aromatic N) is 2. The first-order valence-electron chi connectivity index (χ1n) is 6.77. The number of Topliss-reactive ketones (excluding diaryl/α,β-unsaturated/α-hetero) is 1. The van der Waals surface area contributed by atoms with Gasteiger partial charge in [-0.1, -0.05) is 27.2 Å². The maximum atomic E-state index is 12.1. The van der Waals surface area contributed by atoms with Crippen LogP contribution in [0.25, 0.3) is 0 Å². The van der Waals surface area contributed by atoms with Crippen LogP contribution in [0.5, 0.6) is 0 Å². The third-order valence-electron chi connectivity index (χ3n) is 3.78. The van der Waals surface area contributed by atoms with E-state index in [1.54, 1.807) is 11.3 Å². The lowest BCUT2D eigenvalue weighted by molar-refractivity contribution is -0.128. The van der Waals surface area contributed by atoms with Crippen molar-refractivity contribution < 1.29 is 4.79 Å². The van der Waals surface area contributed by atoms with Crippen LogP contribution in [0, 0.1) is 16.7 Å². The minimum absolute atomic E-state index is 0.0190. The lowest BCUT2D eigenvalue weighted by Crippen LogP contribution is -2.34. The van der Waals surface area contributed by atoms with Crippen LogP contribution < -0.4 is 0 Å². The fourth-order valence-corrected chi connectivity index (χ4v) is 3.57. The van der Waals surface area contributed by atoms with Crippen molar-refractivity contribution in [1.29, 1.82) is 5.26 Å². The third kappa shape index (κ3) is 2.87. The highest BCUT2D eigenvalue weighted by atomic mass is 32.1. The van der Waals surface area contributed by atoms with Crippen LogP contribution in [0.2, 0.25) is 0 Å². The molecule has 1 unspecified atom stereocenters. The van der Waals surface area contributed by atoms with Gasteiger partial charge >= 0.3 is 0 Å². The van der Waals surface area contributed by atoms with Gasteiger partial charge in [0.2, 0.25) is 0 Å². The van der Waals surface area contributed by atoms with Crippen LogP contribution >= 0.6 is 11.3 Å². The molecule has 0 saturated heterocycles. The number of hydrogen-bond donors (Lipinski definition) is 0. The van der Waals surface area contributed by atoms with E-state index in [0.717, 1.165) is 23.5 Å². The number of ketones is 1. The predicted molar refractivity (Wildman–Crippen MR) is 76.0 cm³/mol. The van der Waals surface area contributed by atoms with Gasteiger partial charge < -0.3 is 0 Å². The van der Waals surface area contributed by atoms with Gasteiger partial charge in [-0.25, -0.2) is 4.98 Å². The van der Waals surface area contributed by atoms with E-state index in [1.807, 2.05) is 5.38 Å². The van der Waals surface area contributed by atoms with Crippen LogP contribution in [0.1, 0.15) is 57.2 Å². The molecule has 0 spiro atoms. The largest absolute Gasteiger partial charge is 0.298 e. The third-order valence-corrected chi connectivity index (χ3v) is 4.63. The Kier molecular flexibility index (Phi) is 3.78. The molecule has 1 saturated carbocycles. The average molecular weight is 276 g/mol.